The molecule has 426 valence electrons. The highest BCUT2D eigenvalue weighted by Gasteiger charge is 2.43. The molecule has 0 aliphatic carbocycles. The molecule has 8 heterocycles. The summed E-state index contributed by atoms with van der Waals surface area (Å²) in [5.74, 6) is -1.92. The summed E-state index contributed by atoms with van der Waals surface area (Å²) in [5, 5.41) is 41.5. The van der Waals surface area contributed by atoms with Crippen LogP contribution in [0.3, 0.4) is 0 Å². The second-order valence-electron chi connectivity index (χ2n) is 21.6. The van der Waals surface area contributed by atoms with Crippen LogP contribution < -0.4 is 19.7 Å². The number of carbonyl (C=O) groups excluding carboxylic acids is 1. The molecule has 6 atom stereocenters. The Kier molecular flexibility index (Phi) is 14.9. The predicted octanol–water partition coefficient (Wildman–Crippen LogP) is 8.49. The highest BCUT2D eigenvalue weighted by atomic mass is 19.4. The van der Waals surface area contributed by atoms with Crippen LogP contribution >= 0.6 is 0 Å². The lowest BCUT2D eigenvalue weighted by atomic mass is 9.90. The minimum absolute atomic E-state index is 0.0432. The zero-order valence-corrected chi connectivity index (χ0v) is 44.9. The molecule has 19 nitrogen and oxygen atoms in total. The fraction of sp³-hybridized carbons (Fsp3) is 0.397. The number of benzene rings is 4. The number of halogens is 5. The number of carbonyl (C=O) groups is 1. The van der Waals surface area contributed by atoms with Crippen LogP contribution in [0.2, 0.25) is 0 Å². The van der Waals surface area contributed by atoms with E-state index in [0.717, 1.165) is 12.3 Å². The quantitative estimate of drug-likeness (QED) is 0.0627. The molecule has 4 aliphatic heterocycles. The molecule has 4 aliphatic rings. The van der Waals surface area contributed by atoms with Crippen LogP contribution in [0, 0.1) is 24.5 Å². The number of aromatic amines is 1. The number of aliphatic imine (C=N–C) groups is 1. The summed E-state index contributed by atoms with van der Waals surface area (Å²) in [6.07, 6.45) is 3.57. The standard InChI is InChI=1S/C58H58F5N13O6/c1-30(2)52(56(79)74-16-4-5-47(74)55(78)68-46(27-77)34-10-12-35(13-11-34)50-43(60)24-64-29-66-50)76-26-45(72-73-76)33-8-6-32(7-9-33)28-81-53-49(48-31(3)42(59)21-44-40(48)23-67-71-44)41(58(61,62)63)20-39-51(53)69-57(82-38-14-17-80-18-15-38)70-54(39)75-25-36-19-37(75)22-65-36/h6-13,20-24,26,29-30,36-38,46-47,52,56,77,79H,4-5,14-19,25,27-28H2,1-3H3,(H,67,71)(H,68,78)/t36-,37-,46-,47-,52-,56?/m0/s1. The van der Waals surface area contributed by atoms with Crippen molar-refractivity contribution in [3.8, 4) is 45.4 Å². The van der Waals surface area contributed by atoms with Gasteiger partial charge in [0.15, 0.2) is 11.6 Å². The molecule has 2 bridgehead atoms. The van der Waals surface area contributed by atoms with Gasteiger partial charge in [-0.2, -0.15) is 28.2 Å². The lowest BCUT2D eigenvalue weighted by molar-refractivity contribution is -0.137. The third-order valence-electron chi connectivity index (χ3n) is 16.0. The van der Waals surface area contributed by atoms with E-state index >= 15 is 17.6 Å². The maximum Gasteiger partial charge on any atom is 0.417 e. The number of aliphatic hydroxyl groups is 2. The van der Waals surface area contributed by atoms with Crippen LogP contribution in [0.1, 0.15) is 80.3 Å². The summed E-state index contributed by atoms with van der Waals surface area (Å²) < 4.78 is 98.2. The monoisotopic (exact) mass is 1130 g/mol. The highest BCUT2D eigenvalue weighted by Crippen LogP contribution is 2.51. The van der Waals surface area contributed by atoms with Crippen molar-refractivity contribution in [1.82, 2.24) is 55.3 Å². The van der Waals surface area contributed by atoms with Crippen molar-refractivity contribution in [1.29, 1.82) is 0 Å². The number of nitrogens with one attached hydrogen (secondary N) is 2. The van der Waals surface area contributed by atoms with E-state index in [1.165, 1.54) is 25.5 Å². The first kappa shape index (κ1) is 54.5. The lowest BCUT2D eigenvalue weighted by Gasteiger charge is -2.36. The van der Waals surface area contributed by atoms with Crippen LogP contribution in [0.4, 0.5) is 27.8 Å². The van der Waals surface area contributed by atoms with Crippen molar-refractivity contribution in [3.05, 3.63) is 119 Å². The van der Waals surface area contributed by atoms with Gasteiger partial charge in [0.1, 0.15) is 53.8 Å². The second-order valence-corrected chi connectivity index (χ2v) is 21.6. The van der Waals surface area contributed by atoms with E-state index in [2.05, 4.69) is 40.8 Å². The molecule has 4 N–H and O–H groups in total. The van der Waals surface area contributed by atoms with Crippen molar-refractivity contribution in [3.63, 3.8) is 0 Å². The summed E-state index contributed by atoms with van der Waals surface area (Å²) in [7, 11) is 0. The molecule has 8 aromatic rings. The zero-order valence-electron chi connectivity index (χ0n) is 44.9. The van der Waals surface area contributed by atoms with Crippen LogP contribution in [-0.2, 0) is 22.3 Å². The normalized spacial score (nSPS) is 19.6. The average Bonchev–Trinajstić information content (AvgIpc) is 3.53. The van der Waals surface area contributed by atoms with Gasteiger partial charge in [-0.3, -0.25) is 19.8 Å². The summed E-state index contributed by atoms with van der Waals surface area (Å²) >= 11 is 0. The Bertz CT molecular complexity index is 3690. The molecule has 12 rings (SSSR count). The molecule has 0 saturated carbocycles. The predicted molar refractivity (Wildman–Crippen MR) is 292 cm³/mol. The zero-order chi connectivity index (χ0) is 57.0. The Balaban J connectivity index is 0.828. The molecular weight excluding hydrogens is 1070 g/mol. The van der Waals surface area contributed by atoms with Gasteiger partial charge in [0.2, 0.25) is 5.91 Å². The summed E-state index contributed by atoms with van der Waals surface area (Å²) in [4.78, 5) is 39.6. The van der Waals surface area contributed by atoms with Gasteiger partial charge in [-0.1, -0.05) is 67.6 Å². The second kappa shape index (κ2) is 22.4. The van der Waals surface area contributed by atoms with Crippen LogP contribution in [-0.4, -0.2) is 136 Å². The smallest absolute Gasteiger partial charge is 0.417 e. The number of fused-ring (bicyclic) bond motifs is 4. The Morgan fingerprint density at radius 3 is 2.45 bits per heavy atom. The average molecular weight is 1130 g/mol. The van der Waals surface area contributed by atoms with E-state index in [1.54, 1.807) is 70.5 Å². The fourth-order valence-corrected chi connectivity index (χ4v) is 11.8. The molecule has 24 heteroatoms. The number of amides is 1. The fourth-order valence-electron chi connectivity index (χ4n) is 11.8. The topological polar surface area (TPSA) is 227 Å². The first-order chi connectivity index (χ1) is 39.6. The maximum atomic E-state index is 15.9. The number of nitrogens with zero attached hydrogens (tertiary/aromatic N) is 11. The Labute approximate surface area is 466 Å². The molecule has 3 saturated heterocycles. The van der Waals surface area contributed by atoms with Crippen LogP contribution in [0.5, 0.6) is 11.8 Å². The van der Waals surface area contributed by atoms with Crippen LogP contribution in [0.15, 0.2) is 90.6 Å². The van der Waals surface area contributed by atoms with Gasteiger partial charge in [-0.05, 0) is 60.9 Å². The molecule has 4 aromatic heterocycles. The van der Waals surface area contributed by atoms with E-state index in [0.29, 0.717) is 86.4 Å². The van der Waals surface area contributed by atoms with Crippen molar-refractivity contribution in [2.75, 3.05) is 37.8 Å². The number of ether oxygens (including phenoxy) is 3. The van der Waals surface area contributed by atoms with Crippen molar-refractivity contribution >= 4 is 39.7 Å². The SMILES string of the molecule is Cc1c(F)cc2[nH]ncc2c1-c1c(C(F)(F)F)cc2c(N3C[C@@H]4C[C@H]3C=N4)nc(OC3CCOCC3)nc2c1OCc1ccc(-c2cn([C@@H](C(C)C)C(O)N3CCC[C@H]3C(=O)N[C@@H](CO)c3ccc(-c4ncncc4F)cc3)nn2)cc1. The summed E-state index contributed by atoms with van der Waals surface area (Å²) in [6.45, 7) is 6.36. The first-order valence-corrected chi connectivity index (χ1v) is 27.3. The maximum absolute atomic E-state index is 15.9. The third-order valence-corrected chi connectivity index (χ3v) is 16.0. The number of rotatable bonds is 17. The highest BCUT2D eigenvalue weighted by molar-refractivity contribution is 6.06. The Morgan fingerprint density at radius 2 is 1.74 bits per heavy atom. The number of hydrogen-bond acceptors (Lipinski definition) is 16. The Hall–Kier alpha value is -8.06. The number of alkyl halides is 3. The van der Waals surface area contributed by atoms with Gasteiger partial charge in [-0.25, -0.2) is 23.4 Å². The van der Waals surface area contributed by atoms with Gasteiger partial charge in [0, 0.05) is 65.2 Å². The van der Waals surface area contributed by atoms with Crippen molar-refractivity contribution in [2.24, 2.45) is 10.9 Å². The van der Waals surface area contributed by atoms with E-state index in [-0.39, 0.29) is 92.8 Å². The van der Waals surface area contributed by atoms with Crippen molar-refractivity contribution < 1.29 is 51.2 Å². The minimum Gasteiger partial charge on any atom is -0.486 e. The summed E-state index contributed by atoms with van der Waals surface area (Å²) in [6, 6.07) is 13.4. The number of aromatic nitrogens is 9. The largest absolute Gasteiger partial charge is 0.486 e. The van der Waals surface area contributed by atoms with Crippen LogP contribution in [0.25, 0.3) is 55.4 Å². The molecule has 0 radical (unpaired) electrons. The molecule has 82 heavy (non-hydrogen) atoms. The third kappa shape index (κ3) is 10.5. The van der Waals surface area contributed by atoms with Gasteiger partial charge >= 0.3 is 12.2 Å². The van der Waals surface area contributed by atoms with E-state index in [1.807, 2.05) is 18.7 Å². The van der Waals surface area contributed by atoms with Gasteiger partial charge < -0.3 is 34.6 Å². The molecule has 1 amide bonds. The molecule has 1 unspecified atom stereocenters. The Morgan fingerprint density at radius 1 is 0.963 bits per heavy atom. The van der Waals surface area contributed by atoms with Gasteiger partial charge in [0.25, 0.3) is 0 Å². The molecule has 3 fully saturated rings. The summed E-state index contributed by atoms with van der Waals surface area (Å²) in [5.41, 5.74) is 1.50. The number of anilines is 1. The number of hydrogen-bond donors (Lipinski definition) is 4. The van der Waals surface area contributed by atoms with E-state index < -0.39 is 59.9 Å². The number of likely N-dealkylation sites (tertiary alicyclic amines) is 1. The molecule has 0 spiro atoms. The number of H-pyrrole nitrogens is 1. The van der Waals surface area contributed by atoms with Gasteiger partial charge in [-0.15, -0.1) is 5.10 Å². The van der Waals surface area contributed by atoms with E-state index in [9.17, 15) is 19.4 Å². The minimum atomic E-state index is -4.98. The molecule has 4 aromatic carbocycles. The first-order valence-electron chi connectivity index (χ1n) is 27.3. The van der Waals surface area contributed by atoms with E-state index in [4.69, 9.17) is 24.2 Å². The van der Waals surface area contributed by atoms with Gasteiger partial charge in [0.05, 0.1) is 79.7 Å². The lowest BCUT2D eigenvalue weighted by Crippen LogP contribution is -2.52. The molecular formula is C58H58F5N13O6. The van der Waals surface area contributed by atoms with Crippen molar-refractivity contribution in [2.45, 2.75) is 108 Å². The number of aliphatic hydroxyl groups excluding tert-OH is 2.